The number of aliphatic hydroxyl groups is 7. The van der Waals surface area contributed by atoms with Crippen LogP contribution < -0.4 is 203 Å². The van der Waals surface area contributed by atoms with Gasteiger partial charge in [0.05, 0.1) is 25.2 Å². The van der Waals surface area contributed by atoms with Gasteiger partial charge in [0.15, 0.2) is 45.8 Å². The van der Waals surface area contributed by atoms with Crippen LogP contribution in [0.15, 0.2) is 0 Å². The van der Waals surface area contributed by atoms with Gasteiger partial charge in [0.2, 0.25) is 20.8 Å². The van der Waals surface area contributed by atoms with Crippen molar-refractivity contribution < 1.29 is 331 Å². The maximum absolute atomic E-state index is 12.5. The average Bonchev–Trinajstić information content (AvgIpc) is 3.21. The van der Waals surface area contributed by atoms with Crippen molar-refractivity contribution in [3.63, 3.8) is 0 Å². The normalized spacial score (nSPS) is 36.3. The number of ether oxygens (including phenoxy) is 8. The van der Waals surface area contributed by atoms with Crippen molar-refractivity contribution in [1.29, 1.82) is 0 Å². The number of aliphatic carboxylic acids is 2. The summed E-state index contributed by atoms with van der Waals surface area (Å²) in [6, 6.07) is -4.90. The Balaban J connectivity index is -0.00000864. The van der Waals surface area contributed by atoms with Crippen LogP contribution in [-0.4, -0.2) is 249 Å². The fourth-order valence-corrected chi connectivity index (χ4v) is 8.89. The Hall–Kier alpha value is 3.78. The van der Waals surface area contributed by atoms with E-state index in [1.165, 1.54) is 9.44 Å². The first-order valence-corrected chi connectivity index (χ1v) is 25.0. The van der Waals surface area contributed by atoms with Crippen LogP contribution in [0.25, 0.3) is 0 Å². The minimum atomic E-state index is -5.88. The van der Waals surface area contributed by atoms with Gasteiger partial charge in [-0.05, 0) is 25.8 Å². The SMILES string of the molecule is NCCCCCO[C@H]1O[C@H](COS(=O)(=O)[O-])[C@@H](O[C@@H]2O[C@H](C(=O)[O-])[C@@H](O[C@H]3O[C@H](COS(=O)(=O)[O-])[C@@H](O[C@@H]4O[C@H](C(=O)[O-])[C@@H](O)[C@H](O)[C@H]4O)[C@H](O)[C@H]3NS(=O)(=O)[O-])[C@H](O)[C@H]2O)[C@H](O)[C@H]1NS(=O)(=O)[O-].[Na+].[Na+].[Na+].[Na+].[Na+].[Na+]. The van der Waals surface area contributed by atoms with Crippen LogP contribution in [0.2, 0.25) is 0 Å². The Labute approximate surface area is 560 Å². The van der Waals surface area contributed by atoms with Gasteiger partial charge < -0.3 is 117 Å². The zero-order valence-corrected chi connectivity index (χ0v) is 55.7. The maximum Gasteiger partial charge on any atom is 1.00 e. The topological polar surface area (TPSA) is 593 Å². The van der Waals surface area contributed by atoms with E-state index in [2.05, 4.69) is 8.37 Å². The van der Waals surface area contributed by atoms with Crippen molar-refractivity contribution >= 4 is 53.3 Å². The fraction of sp³-hybridized carbons (Fsp3) is 0.931. The quantitative estimate of drug-likeness (QED) is 0.0186. The van der Waals surface area contributed by atoms with Crippen LogP contribution in [0.4, 0.5) is 0 Å². The summed E-state index contributed by atoms with van der Waals surface area (Å²) in [4.78, 5) is 24.1. The molecule has 0 aromatic heterocycles. The molecule has 11 N–H and O–H groups in total. The van der Waals surface area contributed by atoms with E-state index in [1.54, 1.807) is 0 Å². The van der Waals surface area contributed by atoms with E-state index in [1.807, 2.05) is 0 Å². The molecule has 0 spiro atoms. The predicted molar refractivity (Wildman–Crippen MR) is 195 cm³/mol. The van der Waals surface area contributed by atoms with Crippen LogP contribution in [0.3, 0.4) is 0 Å². The fourth-order valence-electron chi connectivity index (χ4n) is 7.12. The molecule has 0 aromatic rings. The molecule has 404 valence electrons. The molecule has 36 nitrogen and oxygen atoms in total. The molecule has 46 heteroatoms. The number of carboxylic acid groups (broad SMARTS) is 2. The number of aliphatic hydroxyl groups excluding tert-OH is 7. The van der Waals surface area contributed by atoms with Gasteiger partial charge in [-0.15, -0.1) is 0 Å². The van der Waals surface area contributed by atoms with E-state index in [-0.39, 0.29) is 197 Å². The summed E-state index contributed by atoms with van der Waals surface area (Å²) in [5, 5.41) is 99.8. The molecule has 0 radical (unpaired) electrons. The molecular weight excluding hydrogens is 1180 g/mol. The Kier molecular flexibility index (Phi) is 39.9. The van der Waals surface area contributed by atoms with Gasteiger partial charge in [0, 0.05) is 6.61 Å². The molecule has 0 saturated carbocycles. The van der Waals surface area contributed by atoms with E-state index in [0.717, 1.165) is 0 Å². The molecule has 0 bridgehead atoms. The number of carbonyl (C=O) groups excluding carboxylic acids is 2. The molecule has 20 atom stereocenters. The number of nitrogens with two attached hydrogens (primary N) is 1. The predicted octanol–water partition coefficient (Wildman–Crippen LogP) is -32.0. The van der Waals surface area contributed by atoms with Gasteiger partial charge in [-0.3, -0.25) is 8.37 Å². The van der Waals surface area contributed by atoms with Crippen molar-refractivity contribution in [3.05, 3.63) is 0 Å². The molecule has 0 amide bonds. The molecule has 0 aromatic carbocycles. The molecule has 75 heavy (non-hydrogen) atoms. The van der Waals surface area contributed by atoms with Crippen LogP contribution in [-0.2, 0) is 97.3 Å². The Morgan fingerprint density at radius 1 is 0.480 bits per heavy atom. The molecule has 4 fully saturated rings. The van der Waals surface area contributed by atoms with E-state index in [9.17, 15) is 107 Å². The summed E-state index contributed by atoms with van der Waals surface area (Å²) in [5.74, 6) is -4.69. The van der Waals surface area contributed by atoms with Crippen LogP contribution in [0.1, 0.15) is 19.3 Å². The number of carboxylic acids is 2. The zero-order valence-electron chi connectivity index (χ0n) is 40.5. The molecular formula is C29H45N3Na6O33S4. The summed E-state index contributed by atoms with van der Waals surface area (Å²) in [6.07, 6.45) is -44.6. The van der Waals surface area contributed by atoms with Crippen LogP contribution in [0.5, 0.6) is 0 Å². The number of hydrogen-bond acceptors (Lipinski definition) is 34. The van der Waals surface area contributed by atoms with Gasteiger partial charge in [0.25, 0.3) is 0 Å². The van der Waals surface area contributed by atoms with E-state index in [4.69, 9.17) is 43.6 Å². The van der Waals surface area contributed by atoms with Gasteiger partial charge >= 0.3 is 177 Å². The standard InChI is InChI=1S/C29H51N3O33S4.6Na/c30-4-2-1-3-5-56-26-10(31-66(44,45)46)12(33)19(8(59-26)6-57-68(50,51)52)62-29-18(39)16(37)21(23(65-29)25(42)43)63-27-11(32-67(47,48)49)13(34)20(9(60-27)7-58-69(53,54)55)61-28-17(38)14(35)15(36)22(64-28)24(40)41;;;;;;/h8-23,26-29,31-39H,1-7,30H2,(H,40,41)(H,42,43)(H,44,45,46)(H,47,48,49)(H,50,51,52)(H,53,54,55);;;;;;/q;6*+1/p-6/t8-,9-,10-,11-,12-,13-,14+,15+,16-,17-,18-,19-,20-,21+,22+,23+,26+,27-,28-,29-;;;;;;/m1....../s1. The smallest absolute Gasteiger partial charge is 0.735 e. The third-order valence-corrected chi connectivity index (χ3v) is 12.2. The van der Waals surface area contributed by atoms with Gasteiger partial charge in [-0.1, -0.05) is 0 Å². The molecule has 4 saturated heterocycles. The third-order valence-electron chi connectivity index (χ3n) is 10.2. The molecule has 4 aliphatic rings. The molecule has 0 aliphatic carbocycles. The van der Waals surface area contributed by atoms with Crippen molar-refractivity contribution in [2.75, 3.05) is 26.4 Å². The second-order valence-electron chi connectivity index (χ2n) is 15.1. The van der Waals surface area contributed by atoms with Gasteiger partial charge in [-0.2, -0.15) is 0 Å². The minimum absolute atomic E-state index is 0. The number of rotatable bonds is 24. The summed E-state index contributed by atoms with van der Waals surface area (Å²) >= 11 is 0. The van der Waals surface area contributed by atoms with Crippen LogP contribution >= 0.6 is 0 Å². The van der Waals surface area contributed by atoms with E-state index >= 15 is 0 Å². The number of carbonyl (C=O) groups is 2. The van der Waals surface area contributed by atoms with Crippen molar-refractivity contribution in [3.8, 4) is 0 Å². The van der Waals surface area contributed by atoms with Crippen LogP contribution in [0, 0.1) is 0 Å². The molecule has 4 aliphatic heterocycles. The molecule has 0 unspecified atom stereocenters. The Morgan fingerprint density at radius 2 is 0.867 bits per heavy atom. The Bertz CT molecular complexity index is 2200. The first kappa shape index (κ1) is 83.0. The van der Waals surface area contributed by atoms with E-state index in [0.29, 0.717) is 12.8 Å². The van der Waals surface area contributed by atoms with Crippen molar-refractivity contribution in [2.24, 2.45) is 5.73 Å². The number of hydrogen-bond donors (Lipinski definition) is 10. The largest absolute Gasteiger partial charge is 1.00 e. The maximum atomic E-state index is 12.5. The average molecular weight is 1230 g/mol. The van der Waals surface area contributed by atoms with Gasteiger partial charge in [-0.25, -0.2) is 43.1 Å². The van der Waals surface area contributed by atoms with Gasteiger partial charge in [0.1, 0.15) is 97.5 Å². The second kappa shape index (κ2) is 36.0. The molecule has 4 heterocycles. The summed E-state index contributed by atoms with van der Waals surface area (Å²) in [7, 11) is -22.8. The van der Waals surface area contributed by atoms with E-state index < -0.39 is 189 Å². The monoisotopic (exact) mass is 1230 g/mol. The summed E-state index contributed by atoms with van der Waals surface area (Å²) in [5.41, 5.74) is 5.43. The first-order chi connectivity index (χ1) is 31.7. The summed E-state index contributed by atoms with van der Waals surface area (Å²) in [6.45, 7) is -3.11. The first-order valence-electron chi connectivity index (χ1n) is 19.5. The minimum Gasteiger partial charge on any atom is -0.735 e. The second-order valence-corrected chi connectivity index (χ2v) is 19.5. The van der Waals surface area contributed by atoms with Crippen molar-refractivity contribution in [2.45, 2.75) is 142 Å². The number of unbranched alkanes of at least 4 members (excludes halogenated alkanes) is 2. The third kappa shape index (κ3) is 25.3. The number of nitrogens with one attached hydrogen (secondary N) is 2. The Morgan fingerprint density at radius 3 is 1.27 bits per heavy atom. The zero-order chi connectivity index (χ0) is 52.1. The van der Waals surface area contributed by atoms with Crippen molar-refractivity contribution in [1.82, 2.24) is 9.44 Å². The summed E-state index contributed by atoms with van der Waals surface area (Å²) < 4.78 is 193. The molecule has 4 rings (SSSR count).